The molecule has 0 radical (unpaired) electrons. The molecule has 0 aliphatic carbocycles. The van der Waals surface area contributed by atoms with Crippen molar-refractivity contribution >= 4 is 17.5 Å². The first-order valence-corrected chi connectivity index (χ1v) is 4.58. The lowest BCUT2D eigenvalue weighted by molar-refractivity contribution is -0.692. The standard InChI is InChI=1S/C9H11ClN2O.ClH/c1-11-9(13)8-3-2-5-12(7-8)6-4-10;/h2-3,5,7H,4,6H2,1H3;1H. The van der Waals surface area contributed by atoms with E-state index in [9.17, 15) is 4.79 Å². The number of carbonyl (C=O) groups excluding carboxylic acids is 1. The third-order valence-electron chi connectivity index (χ3n) is 1.69. The largest absolute Gasteiger partial charge is 1.00 e. The number of amides is 1. The van der Waals surface area contributed by atoms with Gasteiger partial charge in [0.2, 0.25) is 0 Å². The zero-order chi connectivity index (χ0) is 9.68. The van der Waals surface area contributed by atoms with Crippen LogP contribution in [0.25, 0.3) is 0 Å². The van der Waals surface area contributed by atoms with E-state index < -0.39 is 0 Å². The van der Waals surface area contributed by atoms with Crippen LogP contribution < -0.4 is 22.3 Å². The molecule has 0 aliphatic heterocycles. The fraction of sp³-hybridized carbons (Fsp3) is 0.333. The molecule has 0 spiro atoms. The summed E-state index contributed by atoms with van der Waals surface area (Å²) in [6, 6.07) is 3.60. The van der Waals surface area contributed by atoms with Gasteiger partial charge in [-0.25, -0.2) is 4.57 Å². The van der Waals surface area contributed by atoms with Crippen LogP contribution in [0.2, 0.25) is 0 Å². The number of hydrogen-bond acceptors (Lipinski definition) is 1. The first-order chi connectivity index (χ1) is 6.27. The SMILES string of the molecule is CNC(=O)c1ccc[n+](CCCl)c1.[Cl-]. The highest BCUT2D eigenvalue weighted by Crippen LogP contribution is 1.93. The summed E-state index contributed by atoms with van der Waals surface area (Å²) in [6.45, 7) is 0.715. The van der Waals surface area contributed by atoms with E-state index >= 15 is 0 Å². The van der Waals surface area contributed by atoms with Gasteiger partial charge in [0.05, 0.1) is 5.88 Å². The van der Waals surface area contributed by atoms with Gasteiger partial charge in [0.25, 0.3) is 5.91 Å². The van der Waals surface area contributed by atoms with Crippen molar-refractivity contribution in [2.75, 3.05) is 12.9 Å². The number of aromatic nitrogens is 1. The van der Waals surface area contributed by atoms with Gasteiger partial charge in [-0.1, -0.05) is 0 Å². The number of carbonyl (C=O) groups is 1. The van der Waals surface area contributed by atoms with E-state index in [-0.39, 0.29) is 18.3 Å². The van der Waals surface area contributed by atoms with Crippen molar-refractivity contribution in [2.45, 2.75) is 6.54 Å². The van der Waals surface area contributed by atoms with Gasteiger partial charge in [-0.05, 0) is 6.07 Å². The van der Waals surface area contributed by atoms with Gasteiger partial charge < -0.3 is 17.7 Å². The molecule has 0 saturated heterocycles. The van der Waals surface area contributed by atoms with Gasteiger partial charge in [0.15, 0.2) is 18.9 Å². The predicted octanol–water partition coefficient (Wildman–Crippen LogP) is -2.42. The van der Waals surface area contributed by atoms with E-state index in [0.717, 1.165) is 0 Å². The first kappa shape index (κ1) is 13.2. The van der Waals surface area contributed by atoms with Crippen LogP contribution in [0.4, 0.5) is 0 Å². The first-order valence-electron chi connectivity index (χ1n) is 4.05. The minimum Gasteiger partial charge on any atom is -1.00 e. The molecule has 0 bridgehead atoms. The summed E-state index contributed by atoms with van der Waals surface area (Å²) in [4.78, 5) is 11.2. The van der Waals surface area contributed by atoms with E-state index in [1.807, 2.05) is 16.8 Å². The topological polar surface area (TPSA) is 33.0 Å². The number of nitrogens with one attached hydrogen (secondary N) is 1. The molecule has 1 heterocycles. The molecule has 3 nitrogen and oxygen atoms in total. The average Bonchev–Trinajstić information content (AvgIpc) is 2.18. The normalized spacial score (nSPS) is 9.00. The van der Waals surface area contributed by atoms with E-state index in [1.165, 1.54) is 0 Å². The number of alkyl halides is 1. The monoisotopic (exact) mass is 234 g/mol. The maximum absolute atomic E-state index is 11.2. The van der Waals surface area contributed by atoms with Crippen LogP contribution in [0.5, 0.6) is 0 Å². The molecule has 0 aliphatic rings. The van der Waals surface area contributed by atoms with Crippen molar-refractivity contribution < 1.29 is 21.8 Å². The Kier molecular flexibility index (Phi) is 6.25. The highest BCUT2D eigenvalue weighted by atomic mass is 35.5. The Balaban J connectivity index is 0.00000169. The quantitative estimate of drug-likeness (QED) is 0.459. The fourth-order valence-corrected chi connectivity index (χ4v) is 1.23. The number of halogens is 2. The summed E-state index contributed by atoms with van der Waals surface area (Å²) in [7, 11) is 1.61. The molecule has 5 heteroatoms. The molecule has 0 unspecified atom stereocenters. The Labute approximate surface area is 94.5 Å². The van der Waals surface area contributed by atoms with Crippen LogP contribution in [0.15, 0.2) is 24.5 Å². The lowest BCUT2D eigenvalue weighted by atomic mass is 10.2. The Hall–Kier alpha value is -0.800. The number of aryl methyl sites for hydroxylation is 1. The third-order valence-corrected chi connectivity index (χ3v) is 1.86. The molecule has 1 N–H and O–H groups in total. The highest BCUT2D eigenvalue weighted by molar-refractivity contribution is 6.17. The summed E-state index contributed by atoms with van der Waals surface area (Å²) >= 11 is 5.58. The maximum Gasteiger partial charge on any atom is 0.257 e. The zero-order valence-corrected chi connectivity index (χ0v) is 9.35. The summed E-state index contributed by atoms with van der Waals surface area (Å²) < 4.78 is 1.89. The van der Waals surface area contributed by atoms with Crippen LogP contribution in [0.3, 0.4) is 0 Å². The van der Waals surface area contributed by atoms with Crippen LogP contribution in [-0.2, 0) is 6.54 Å². The van der Waals surface area contributed by atoms with Crippen LogP contribution in [0.1, 0.15) is 10.4 Å². The molecule has 0 fully saturated rings. The van der Waals surface area contributed by atoms with Gasteiger partial charge >= 0.3 is 0 Å². The molecule has 1 amide bonds. The molecule has 0 atom stereocenters. The van der Waals surface area contributed by atoms with Crippen LogP contribution in [-0.4, -0.2) is 18.8 Å². The predicted molar refractivity (Wildman–Crippen MR) is 50.7 cm³/mol. The molecule has 14 heavy (non-hydrogen) atoms. The zero-order valence-electron chi connectivity index (χ0n) is 7.84. The molecular formula is C9H12Cl2N2O. The third kappa shape index (κ3) is 3.52. The number of nitrogens with zero attached hydrogens (tertiary/aromatic N) is 1. The van der Waals surface area contributed by atoms with E-state index in [1.54, 1.807) is 19.3 Å². The summed E-state index contributed by atoms with van der Waals surface area (Å²) in [5.41, 5.74) is 0.648. The van der Waals surface area contributed by atoms with Crippen LogP contribution >= 0.6 is 11.6 Å². The molecule has 1 aromatic heterocycles. The van der Waals surface area contributed by atoms with Crippen molar-refractivity contribution in [1.29, 1.82) is 0 Å². The molecule has 78 valence electrons. The minimum absolute atomic E-state index is 0. The summed E-state index contributed by atoms with van der Waals surface area (Å²) in [5.74, 6) is 0.464. The number of pyridine rings is 1. The van der Waals surface area contributed by atoms with Crippen molar-refractivity contribution in [3.8, 4) is 0 Å². The van der Waals surface area contributed by atoms with Crippen molar-refractivity contribution in [3.63, 3.8) is 0 Å². The second-order valence-corrected chi connectivity index (χ2v) is 2.98. The Morgan fingerprint density at radius 1 is 1.64 bits per heavy atom. The van der Waals surface area contributed by atoms with Crippen molar-refractivity contribution in [2.24, 2.45) is 0 Å². The van der Waals surface area contributed by atoms with E-state index in [4.69, 9.17) is 11.6 Å². The molecular weight excluding hydrogens is 223 g/mol. The summed E-state index contributed by atoms with van der Waals surface area (Å²) in [6.07, 6.45) is 3.66. The number of rotatable bonds is 3. The molecule has 0 saturated carbocycles. The van der Waals surface area contributed by atoms with Gasteiger partial charge in [-0.3, -0.25) is 4.79 Å². The van der Waals surface area contributed by atoms with Crippen molar-refractivity contribution in [1.82, 2.24) is 5.32 Å². The lowest BCUT2D eigenvalue weighted by Crippen LogP contribution is -3.00. The van der Waals surface area contributed by atoms with Gasteiger partial charge in [0.1, 0.15) is 5.56 Å². The lowest BCUT2D eigenvalue weighted by Gasteiger charge is -1.97. The Bertz CT molecular complexity index is 305. The van der Waals surface area contributed by atoms with Crippen LogP contribution in [0, 0.1) is 0 Å². The second kappa shape index (κ2) is 6.62. The number of hydrogen-bond donors (Lipinski definition) is 1. The van der Waals surface area contributed by atoms with Gasteiger partial charge in [0, 0.05) is 13.1 Å². The maximum atomic E-state index is 11.2. The Morgan fingerprint density at radius 3 is 2.93 bits per heavy atom. The summed E-state index contributed by atoms with van der Waals surface area (Å²) in [5, 5.41) is 2.57. The highest BCUT2D eigenvalue weighted by Gasteiger charge is 2.07. The molecule has 1 rings (SSSR count). The average molecular weight is 235 g/mol. The van der Waals surface area contributed by atoms with Gasteiger partial charge in [-0.2, -0.15) is 0 Å². The minimum atomic E-state index is -0.0797. The molecule has 1 aromatic rings. The van der Waals surface area contributed by atoms with Crippen molar-refractivity contribution in [3.05, 3.63) is 30.1 Å². The van der Waals surface area contributed by atoms with Gasteiger partial charge in [-0.15, -0.1) is 11.6 Å². The Morgan fingerprint density at radius 2 is 2.36 bits per heavy atom. The second-order valence-electron chi connectivity index (χ2n) is 2.60. The van der Waals surface area contributed by atoms with E-state index in [2.05, 4.69) is 5.32 Å². The van der Waals surface area contributed by atoms with E-state index in [0.29, 0.717) is 18.0 Å². The smallest absolute Gasteiger partial charge is 0.257 e. The fourth-order valence-electron chi connectivity index (χ4n) is 1.04. The molecule has 0 aromatic carbocycles.